The van der Waals surface area contributed by atoms with E-state index in [1.807, 2.05) is 6.07 Å². The lowest BCUT2D eigenvalue weighted by Crippen LogP contribution is -1.79. The van der Waals surface area contributed by atoms with E-state index >= 15 is 0 Å². The smallest absolute Gasteiger partial charge is 0.161 e. The summed E-state index contributed by atoms with van der Waals surface area (Å²) in [4.78, 5) is 0.678. The quantitative estimate of drug-likeness (QED) is 0.766. The van der Waals surface area contributed by atoms with Crippen molar-refractivity contribution >= 4 is 46.3 Å². The number of aromatic nitrogens is 1. The summed E-state index contributed by atoms with van der Waals surface area (Å²) >= 11 is 18.7. The second-order valence-electron chi connectivity index (χ2n) is 2.95. The maximum atomic E-state index is 8.95. The fourth-order valence-electron chi connectivity index (χ4n) is 1.25. The Morgan fingerprint density at radius 1 is 1.12 bits per heavy atom. The van der Waals surface area contributed by atoms with Gasteiger partial charge in [0.2, 0.25) is 0 Å². The van der Waals surface area contributed by atoms with Crippen molar-refractivity contribution in [2.24, 2.45) is 0 Å². The van der Waals surface area contributed by atoms with Crippen LogP contribution in [0.5, 0.6) is 0 Å². The third-order valence-electron chi connectivity index (χ3n) is 1.89. The van der Waals surface area contributed by atoms with E-state index < -0.39 is 0 Å². The lowest BCUT2D eigenvalue weighted by molar-refractivity contribution is 1.47. The van der Waals surface area contributed by atoms with Crippen molar-refractivity contribution in [3.05, 3.63) is 39.0 Å². The van der Waals surface area contributed by atoms with Gasteiger partial charge in [0.05, 0.1) is 4.88 Å². The molecule has 0 amide bonds. The summed E-state index contributed by atoms with van der Waals surface area (Å²) < 4.78 is 3.92. The molecule has 0 unspecified atom stereocenters. The van der Waals surface area contributed by atoms with Crippen LogP contribution < -0.4 is 0 Å². The van der Waals surface area contributed by atoms with Crippen LogP contribution in [0.4, 0.5) is 0 Å². The van der Waals surface area contributed by atoms with Crippen molar-refractivity contribution < 1.29 is 0 Å². The molecule has 0 aliphatic rings. The molecule has 0 aliphatic heterocycles. The largest absolute Gasteiger partial charge is 0.192 e. The number of hydrogen-bond donors (Lipinski definition) is 0. The summed E-state index contributed by atoms with van der Waals surface area (Å²) in [5, 5.41) is 10.2. The molecule has 0 aliphatic carbocycles. The average molecular weight is 290 g/mol. The highest BCUT2D eigenvalue weighted by Gasteiger charge is 2.14. The third-order valence-corrected chi connectivity index (χ3v) is 3.59. The first kappa shape index (κ1) is 11.7. The summed E-state index contributed by atoms with van der Waals surface area (Å²) in [6.07, 6.45) is 0. The molecule has 2 rings (SSSR count). The van der Waals surface area contributed by atoms with Crippen LogP contribution in [-0.4, -0.2) is 4.37 Å². The van der Waals surface area contributed by atoms with Crippen LogP contribution in [0.2, 0.25) is 15.2 Å². The van der Waals surface area contributed by atoms with Gasteiger partial charge in [-0.2, -0.15) is 9.64 Å². The van der Waals surface area contributed by atoms with E-state index in [9.17, 15) is 0 Å². The molecule has 80 valence electrons. The molecule has 0 bridgehead atoms. The van der Waals surface area contributed by atoms with E-state index in [2.05, 4.69) is 4.37 Å². The van der Waals surface area contributed by atoms with Crippen molar-refractivity contribution in [2.45, 2.75) is 0 Å². The number of rotatable bonds is 1. The molecule has 0 spiro atoms. The zero-order valence-electron chi connectivity index (χ0n) is 7.67. The van der Waals surface area contributed by atoms with E-state index in [1.165, 1.54) is 0 Å². The Morgan fingerprint density at radius 3 is 2.31 bits per heavy atom. The van der Waals surface area contributed by atoms with Crippen molar-refractivity contribution in [1.82, 2.24) is 4.37 Å². The van der Waals surface area contributed by atoms with Gasteiger partial charge in [0.1, 0.15) is 11.6 Å². The predicted octanol–water partition coefficient (Wildman–Crippen LogP) is 4.64. The maximum absolute atomic E-state index is 8.95. The van der Waals surface area contributed by atoms with Gasteiger partial charge in [-0.15, -0.1) is 0 Å². The first-order chi connectivity index (χ1) is 7.61. The molecule has 2 aromatic rings. The monoisotopic (exact) mass is 288 g/mol. The fourth-order valence-corrected chi connectivity index (χ4v) is 2.79. The second-order valence-corrected chi connectivity index (χ2v) is 4.95. The number of nitriles is 1. The Morgan fingerprint density at radius 2 is 1.75 bits per heavy atom. The summed E-state index contributed by atoms with van der Waals surface area (Å²) in [6.45, 7) is 0. The second kappa shape index (κ2) is 4.60. The molecule has 1 heterocycles. The molecular weight excluding hydrogens is 287 g/mol. The molecule has 0 fully saturated rings. The topological polar surface area (TPSA) is 36.7 Å². The molecule has 1 aromatic heterocycles. The van der Waals surface area contributed by atoms with Crippen molar-refractivity contribution in [2.75, 3.05) is 0 Å². The SMILES string of the molecule is N#Cc1c(Cl)nsc1-c1cc(Cl)cc(Cl)c1. The highest BCUT2D eigenvalue weighted by atomic mass is 35.5. The van der Waals surface area contributed by atoms with Gasteiger partial charge < -0.3 is 0 Å². The van der Waals surface area contributed by atoms with E-state index in [0.717, 1.165) is 17.1 Å². The Hall–Kier alpha value is -0.790. The lowest BCUT2D eigenvalue weighted by Gasteiger charge is -2.00. The molecule has 0 atom stereocenters. The summed E-state index contributed by atoms with van der Waals surface area (Å²) in [7, 11) is 0. The summed E-state index contributed by atoms with van der Waals surface area (Å²) in [5.41, 5.74) is 1.10. The van der Waals surface area contributed by atoms with Gasteiger partial charge >= 0.3 is 0 Å². The van der Waals surface area contributed by atoms with Crippen LogP contribution in [0.15, 0.2) is 18.2 Å². The van der Waals surface area contributed by atoms with Crippen LogP contribution in [0.25, 0.3) is 10.4 Å². The standard InChI is InChI=1S/C10H3Cl3N2S/c11-6-1-5(2-7(12)3-6)9-8(4-14)10(13)15-16-9/h1-3H. The number of halogens is 3. The van der Waals surface area contributed by atoms with Gasteiger partial charge in [-0.3, -0.25) is 0 Å². The minimum Gasteiger partial charge on any atom is -0.192 e. The van der Waals surface area contributed by atoms with Crippen molar-refractivity contribution in [3.63, 3.8) is 0 Å². The minimum atomic E-state index is 0.207. The van der Waals surface area contributed by atoms with Gasteiger partial charge in [-0.05, 0) is 35.3 Å². The van der Waals surface area contributed by atoms with Crippen LogP contribution in [0, 0.1) is 11.3 Å². The number of nitrogens with zero attached hydrogens (tertiary/aromatic N) is 2. The van der Waals surface area contributed by atoms with E-state index in [4.69, 9.17) is 40.1 Å². The van der Waals surface area contributed by atoms with Gasteiger partial charge in [-0.1, -0.05) is 34.8 Å². The third kappa shape index (κ3) is 2.16. The summed E-state index contributed by atoms with van der Waals surface area (Å²) in [5.74, 6) is 0. The molecule has 0 saturated heterocycles. The minimum absolute atomic E-state index is 0.207. The highest BCUT2D eigenvalue weighted by Crippen LogP contribution is 2.35. The lowest BCUT2D eigenvalue weighted by atomic mass is 10.1. The molecule has 0 saturated carbocycles. The molecule has 0 radical (unpaired) electrons. The predicted molar refractivity (Wildman–Crippen MR) is 67.3 cm³/mol. The zero-order valence-corrected chi connectivity index (χ0v) is 10.8. The highest BCUT2D eigenvalue weighted by molar-refractivity contribution is 7.10. The van der Waals surface area contributed by atoms with Crippen LogP contribution >= 0.6 is 46.3 Å². The molecule has 2 nitrogen and oxygen atoms in total. The first-order valence-electron chi connectivity index (χ1n) is 4.13. The van der Waals surface area contributed by atoms with Crippen molar-refractivity contribution in [3.8, 4) is 16.5 Å². The number of benzene rings is 1. The van der Waals surface area contributed by atoms with Crippen LogP contribution in [0.1, 0.15) is 5.56 Å². The Kier molecular flexibility index (Phi) is 3.36. The van der Waals surface area contributed by atoms with Gasteiger partial charge in [0, 0.05) is 10.0 Å². The Bertz CT molecular complexity index is 566. The van der Waals surface area contributed by atoms with Gasteiger partial charge in [0.15, 0.2) is 5.15 Å². The zero-order chi connectivity index (χ0) is 11.7. The van der Waals surface area contributed by atoms with Gasteiger partial charge in [0.25, 0.3) is 0 Å². The first-order valence-corrected chi connectivity index (χ1v) is 6.04. The van der Waals surface area contributed by atoms with E-state index in [0.29, 0.717) is 20.5 Å². The maximum Gasteiger partial charge on any atom is 0.161 e. The molecular formula is C10H3Cl3N2S. The molecule has 0 N–H and O–H groups in total. The normalized spacial score (nSPS) is 10.1. The van der Waals surface area contributed by atoms with Crippen LogP contribution in [0.3, 0.4) is 0 Å². The molecule has 6 heteroatoms. The van der Waals surface area contributed by atoms with E-state index in [1.54, 1.807) is 18.2 Å². The molecule has 1 aromatic carbocycles. The molecule has 16 heavy (non-hydrogen) atoms. The average Bonchev–Trinajstić information content (AvgIpc) is 2.58. The number of hydrogen-bond acceptors (Lipinski definition) is 3. The van der Waals surface area contributed by atoms with Crippen molar-refractivity contribution in [1.29, 1.82) is 5.26 Å². The summed E-state index contributed by atoms with van der Waals surface area (Å²) in [6, 6.07) is 7.08. The fraction of sp³-hybridized carbons (Fsp3) is 0. The Labute approximate surface area is 111 Å². The van der Waals surface area contributed by atoms with E-state index in [-0.39, 0.29) is 5.15 Å². The Balaban J connectivity index is 2.63. The van der Waals surface area contributed by atoms with Gasteiger partial charge in [-0.25, -0.2) is 0 Å². The van der Waals surface area contributed by atoms with Crippen LogP contribution in [-0.2, 0) is 0 Å².